The molecule has 18 heavy (non-hydrogen) atoms. The molecule has 1 aliphatic rings. The minimum Gasteiger partial charge on any atom is -0.378 e. The first kappa shape index (κ1) is 12.8. The van der Waals surface area contributed by atoms with Gasteiger partial charge in [-0.3, -0.25) is 4.79 Å². The highest BCUT2D eigenvalue weighted by Gasteiger charge is 2.40. The first-order valence-electron chi connectivity index (χ1n) is 5.93. The first-order chi connectivity index (χ1) is 8.68. The molecule has 0 aromatic heterocycles. The molecule has 1 heterocycles. The van der Waals surface area contributed by atoms with E-state index in [0.717, 1.165) is 6.08 Å². The SMILES string of the molecule is C=C[C@@](F)(C(=O)N1CCOCC1)c1ccccc1. The maximum Gasteiger partial charge on any atom is 0.269 e. The van der Waals surface area contributed by atoms with Gasteiger partial charge in [-0.05, 0) is 6.08 Å². The van der Waals surface area contributed by atoms with E-state index >= 15 is 0 Å². The van der Waals surface area contributed by atoms with Crippen LogP contribution < -0.4 is 0 Å². The third kappa shape index (κ3) is 2.29. The molecule has 1 aliphatic heterocycles. The summed E-state index contributed by atoms with van der Waals surface area (Å²) in [4.78, 5) is 13.8. The highest BCUT2D eigenvalue weighted by Crippen LogP contribution is 2.30. The lowest BCUT2D eigenvalue weighted by atomic mass is 9.94. The summed E-state index contributed by atoms with van der Waals surface area (Å²) in [6.07, 6.45) is 1.07. The van der Waals surface area contributed by atoms with Crippen molar-refractivity contribution >= 4 is 5.91 Å². The van der Waals surface area contributed by atoms with Crippen LogP contribution in [-0.4, -0.2) is 37.1 Å². The van der Waals surface area contributed by atoms with Crippen molar-refractivity contribution in [2.75, 3.05) is 26.3 Å². The summed E-state index contributed by atoms with van der Waals surface area (Å²) >= 11 is 0. The Kier molecular flexibility index (Phi) is 3.77. The second-order valence-corrected chi connectivity index (χ2v) is 4.19. The van der Waals surface area contributed by atoms with Gasteiger partial charge in [-0.25, -0.2) is 4.39 Å². The Morgan fingerprint density at radius 2 is 1.94 bits per heavy atom. The van der Waals surface area contributed by atoms with Crippen molar-refractivity contribution < 1.29 is 13.9 Å². The fourth-order valence-corrected chi connectivity index (χ4v) is 2.01. The fraction of sp³-hybridized carbons (Fsp3) is 0.357. The average Bonchev–Trinajstić information content (AvgIpc) is 2.47. The number of rotatable bonds is 3. The number of carbonyl (C=O) groups is 1. The zero-order valence-corrected chi connectivity index (χ0v) is 10.1. The van der Waals surface area contributed by atoms with E-state index < -0.39 is 11.6 Å². The Balaban J connectivity index is 2.26. The van der Waals surface area contributed by atoms with E-state index in [-0.39, 0.29) is 0 Å². The predicted octanol–water partition coefficient (Wildman–Crippen LogP) is 1.90. The number of halogens is 1. The third-order valence-electron chi connectivity index (χ3n) is 3.08. The minimum atomic E-state index is -2.15. The van der Waals surface area contributed by atoms with Crippen LogP contribution in [0.1, 0.15) is 5.56 Å². The Labute approximate surface area is 106 Å². The van der Waals surface area contributed by atoms with E-state index in [2.05, 4.69) is 6.58 Å². The number of amides is 1. The van der Waals surface area contributed by atoms with Gasteiger partial charge in [0.25, 0.3) is 5.91 Å². The molecule has 0 unspecified atom stereocenters. The molecule has 1 atom stereocenters. The van der Waals surface area contributed by atoms with Crippen molar-refractivity contribution in [1.82, 2.24) is 4.90 Å². The number of morpholine rings is 1. The summed E-state index contributed by atoms with van der Waals surface area (Å²) in [5.41, 5.74) is -1.84. The standard InChI is InChI=1S/C14H16FNO2/c1-2-14(15,12-6-4-3-5-7-12)13(17)16-8-10-18-11-9-16/h2-7H,1,8-11H2/t14-/m0/s1. The Hall–Kier alpha value is -1.68. The van der Waals surface area contributed by atoms with E-state index in [1.54, 1.807) is 30.3 Å². The number of hydrogen-bond acceptors (Lipinski definition) is 2. The number of ether oxygens (including phenoxy) is 1. The predicted molar refractivity (Wildman–Crippen MR) is 66.8 cm³/mol. The summed E-state index contributed by atoms with van der Waals surface area (Å²) in [5.74, 6) is -0.563. The van der Waals surface area contributed by atoms with Crippen molar-refractivity contribution in [3.8, 4) is 0 Å². The first-order valence-corrected chi connectivity index (χ1v) is 5.93. The van der Waals surface area contributed by atoms with Crippen molar-refractivity contribution in [2.24, 2.45) is 0 Å². The molecule has 1 saturated heterocycles. The topological polar surface area (TPSA) is 29.5 Å². The van der Waals surface area contributed by atoms with Crippen LogP contribution in [0.3, 0.4) is 0 Å². The Morgan fingerprint density at radius 1 is 1.33 bits per heavy atom. The molecule has 0 N–H and O–H groups in total. The minimum absolute atomic E-state index is 0.316. The molecule has 0 bridgehead atoms. The Morgan fingerprint density at radius 3 is 2.50 bits per heavy atom. The molecule has 1 fully saturated rings. The van der Waals surface area contributed by atoms with Gasteiger partial charge in [0, 0.05) is 18.7 Å². The van der Waals surface area contributed by atoms with Gasteiger partial charge < -0.3 is 9.64 Å². The molecular weight excluding hydrogens is 233 g/mol. The summed E-state index contributed by atoms with van der Waals surface area (Å²) in [6.45, 7) is 5.22. The molecule has 1 amide bonds. The van der Waals surface area contributed by atoms with E-state index in [0.29, 0.717) is 31.9 Å². The molecule has 0 aliphatic carbocycles. The van der Waals surface area contributed by atoms with Crippen LogP contribution in [-0.2, 0) is 15.2 Å². The lowest BCUT2D eigenvalue weighted by Crippen LogP contribution is -2.48. The summed E-state index contributed by atoms with van der Waals surface area (Å²) in [5, 5.41) is 0. The van der Waals surface area contributed by atoms with Crippen molar-refractivity contribution in [2.45, 2.75) is 5.67 Å². The van der Waals surface area contributed by atoms with Gasteiger partial charge in [0.05, 0.1) is 13.2 Å². The molecule has 0 saturated carbocycles. The number of nitrogens with zero attached hydrogens (tertiary/aromatic N) is 1. The zero-order chi connectivity index (χ0) is 13.0. The molecule has 4 heteroatoms. The van der Waals surface area contributed by atoms with Crippen molar-refractivity contribution in [3.63, 3.8) is 0 Å². The second kappa shape index (κ2) is 5.31. The van der Waals surface area contributed by atoms with Crippen LogP contribution in [0.15, 0.2) is 43.0 Å². The van der Waals surface area contributed by atoms with E-state index in [1.807, 2.05) is 0 Å². The van der Waals surface area contributed by atoms with Crippen LogP contribution in [0.4, 0.5) is 4.39 Å². The molecule has 0 spiro atoms. The summed E-state index contributed by atoms with van der Waals surface area (Å²) in [7, 11) is 0. The van der Waals surface area contributed by atoms with E-state index in [9.17, 15) is 9.18 Å². The van der Waals surface area contributed by atoms with E-state index in [1.165, 1.54) is 4.90 Å². The third-order valence-corrected chi connectivity index (χ3v) is 3.08. The van der Waals surface area contributed by atoms with Gasteiger partial charge in [-0.2, -0.15) is 0 Å². The van der Waals surface area contributed by atoms with Crippen LogP contribution in [0.25, 0.3) is 0 Å². The van der Waals surface area contributed by atoms with Gasteiger partial charge >= 0.3 is 0 Å². The van der Waals surface area contributed by atoms with Crippen molar-refractivity contribution in [3.05, 3.63) is 48.6 Å². The van der Waals surface area contributed by atoms with Crippen LogP contribution >= 0.6 is 0 Å². The van der Waals surface area contributed by atoms with Gasteiger partial charge in [-0.15, -0.1) is 0 Å². The Bertz CT molecular complexity index is 429. The normalized spacial score (nSPS) is 19.1. The fourth-order valence-electron chi connectivity index (χ4n) is 2.01. The maximum atomic E-state index is 14.9. The number of hydrogen-bond donors (Lipinski definition) is 0. The largest absolute Gasteiger partial charge is 0.378 e. The number of carbonyl (C=O) groups excluding carboxylic acids is 1. The highest BCUT2D eigenvalue weighted by atomic mass is 19.1. The van der Waals surface area contributed by atoms with Crippen LogP contribution in [0.2, 0.25) is 0 Å². The number of alkyl halides is 1. The molecule has 96 valence electrons. The maximum absolute atomic E-state index is 14.9. The monoisotopic (exact) mass is 249 g/mol. The number of benzene rings is 1. The van der Waals surface area contributed by atoms with Crippen LogP contribution in [0, 0.1) is 0 Å². The lowest BCUT2D eigenvalue weighted by Gasteiger charge is -2.32. The zero-order valence-electron chi connectivity index (χ0n) is 10.1. The molecule has 0 radical (unpaired) electrons. The highest BCUT2D eigenvalue weighted by molar-refractivity contribution is 5.88. The lowest BCUT2D eigenvalue weighted by molar-refractivity contribution is -0.145. The molecule has 1 aromatic carbocycles. The molecule has 2 rings (SSSR count). The van der Waals surface area contributed by atoms with Gasteiger partial charge in [-0.1, -0.05) is 36.9 Å². The summed E-state index contributed by atoms with van der Waals surface area (Å²) in [6, 6.07) is 8.39. The van der Waals surface area contributed by atoms with Gasteiger partial charge in [0.1, 0.15) is 0 Å². The average molecular weight is 249 g/mol. The molecule has 3 nitrogen and oxygen atoms in total. The summed E-state index contributed by atoms with van der Waals surface area (Å²) < 4.78 is 20.0. The van der Waals surface area contributed by atoms with Crippen LogP contribution in [0.5, 0.6) is 0 Å². The quantitative estimate of drug-likeness (QED) is 0.766. The van der Waals surface area contributed by atoms with Crippen molar-refractivity contribution in [1.29, 1.82) is 0 Å². The molecule has 1 aromatic rings. The van der Waals surface area contributed by atoms with E-state index in [4.69, 9.17) is 4.74 Å². The smallest absolute Gasteiger partial charge is 0.269 e. The van der Waals surface area contributed by atoms with Gasteiger partial charge in [0.15, 0.2) is 0 Å². The van der Waals surface area contributed by atoms with Gasteiger partial charge in [0.2, 0.25) is 5.67 Å². The second-order valence-electron chi connectivity index (χ2n) is 4.19. The molecular formula is C14H16FNO2.